The highest BCUT2D eigenvalue weighted by atomic mass is 35.5. The Labute approximate surface area is 216 Å². The van der Waals surface area contributed by atoms with E-state index in [2.05, 4.69) is 15.4 Å². The molecule has 37 heavy (non-hydrogen) atoms. The number of nitrogens with zero attached hydrogens (tertiary/aromatic N) is 5. The molecule has 9 nitrogen and oxygen atoms in total. The summed E-state index contributed by atoms with van der Waals surface area (Å²) in [7, 11) is 3.13. The summed E-state index contributed by atoms with van der Waals surface area (Å²) in [5, 5.41) is 6.53. The molecule has 0 aliphatic heterocycles. The number of aromatic nitrogens is 4. The van der Waals surface area contributed by atoms with Crippen LogP contribution in [0.25, 0.3) is 11.3 Å². The van der Waals surface area contributed by atoms with Crippen LogP contribution in [0, 0.1) is 0 Å². The SMILES string of the molecule is CN(CCCCN)C(=O)c1ccc(NC(=O)c2ncc(-c3cn(C4CC4)nc3C(F)(F)F)n2C)cc1Cl. The van der Waals surface area contributed by atoms with Gasteiger partial charge in [0.05, 0.1) is 34.1 Å². The minimum Gasteiger partial charge on any atom is -0.342 e. The Morgan fingerprint density at radius 2 is 2.00 bits per heavy atom. The van der Waals surface area contributed by atoms with E-state index in [1.54, 1.807) is 11.9 Å². The van der Waals surface area contributed by atoms with Crippen LogP contribution in [0.1, 0.15) is 58.4 Å². The zero-order chi connectivity index (χ0) is 26.9. The Kier molecular flexibility index (Phi) is 7.60. The van der Waals surface area contributed by atoms with Gasteiger partial charge < -0.3 is 20.5 Å². The number of anilines is 1. The average molecular weight is 538 g/mol. The van der Waals surface area contributed by atoms with Crippen LogP contribution in [-0.4, -0.2) is 56.2 Å². The summed E-state index contributed by atoms with van der Waals surface area (Å²) in [6, 6.07) is 4.42. The Morgan fingerprint density at radius 3 is 2.62 bits per heavy atom. The fourth-order valence-corrected chi connectivity index (χ4v) is 4.20. The van der Waals surface area contributed by atoms with Crippen LogP contribution in [0.2, 0.25) is 5.02 Å². The molecule has 0 atom stereocenters. The lowest BCUT2D eigenvalue weighted by molar-refractivity contribution is -0.141. The second kappa shape index (κ2) is 10.5. The van der Waals surface area contributed by atoms with Crippen LogP contribution >= 0.6 is 11.6 Å². The molecule has 1 aliphatic carbocycles. The number of alkyl halides is 3. The first-order valence-corrected chi connectivity index (χ1v) is 12.1. The third-order valence-electron chi connectivity index (χ3n) is 6.14. The number of carbonyl (C=O) groups excluding carboxylic acids is 2. The first kappa shape index (κ1) is 26.7. The van der Waals surface area contributed by atoms with Gasteiger partial charge in [0.1, 0.15) is 0 Å². The molecular formula is C24H27ClF3N7O2. The number of rotatable bonds is 9. The molecule has 1 aromatic carbocycles. The summed E-state index contributed by atoms with van der Waals surface area (Å²) < 4.78 is 43.5. The van der Waals surface area contributed by atoms with E-state index in [9.17, 15) is 22.8 Å². The maximum Gasteiger partial charge on any atom is 0.435 e. The maximum atomic E-state index is 13.6. The lowest BCUT2D eigenvalue weighted by atomic mass is 10.1. The predicted molar refractivity (Wildman–Crippen MR) is 132 cm³/mol. The van der Waals surface area contributed by atoms with Crippen molar-refractivity contribution in [3.63, 3.8) is 0 Å². The lowest BCUT2D eigenvalue weighted by Crippen LogP contribution is -2.28. The van der Waals surface area contributed by atoms with Crippen molar-refractivity contribution in [2.45, 2.75) is 37.9 Å². The minimum atomic E-state index is -4.66. The fourth-order valence-electron chi connectivity index (χ4n) is 3.94. The minimum absolute atomic E-state index is 0.0452. The molecule has 3 N–H and O–H groups in total. The van der Waals surface area contributed by atoms with Gasteiger partial charge in [-0.05, 0) is 50.4 Å². The lowest BCUT2D eigenvalue weighted by Gasteiger charge is -2.18. The largest absolute Gasteiger partial charge is 0.435 e. The molecule has 4 rings (SSSR count). The number of amides is 2. The monoisotopic (exact) mass is 537 g/mol. The van der Waals surface area contributed by atoms with Crippen molar-refractivity contribution in [2.24, 2.45) is 12.8 Å². The summed E-state index contributed by atoms with van der Waals surface area (Å²) in [5.41, 5.74) is 5.02. The van der Waals surface area contributed by atoms with E-state index in [-0.39, 0.29) is 39.6 Å². The predicted octanol–water partition coefficient (Wildman–Crippen LogP) is 4.35. The van der Waals surface area contributed by atoms with Crippen molar-refractivity contribution in [3.05, 3.63) is 52.7 Å². The highest BCUT2D eigenvalue weighted by Gasteiger charge is 2.40. The van der Waals surface area contributed by atoms with Gasteiger partial charge in [0.15, 0.2) is 11.5 Å². The molecule has 1 saturated carbocycles. The van der Waals surface area contributed by atoms with Gasteiger partial charge >= 0.3 is 6.18 Å². The van der Waals surface area contributed by atoms with E-state index in [4.69, 9.17) is 17.3 Å². The number of carbonyl (C=O) groups is 2. The highest BCUT2D eigenvalue weighted by Crippen LogP contribution is 2.41. The van der Waals surface area contributed by atoms with E-state index in [0.717, 1.165) is 25.7 Å². The topological polar surface area (TPSA) is 111 Å². The fraction of sp³-hybridized carbons (Fsp3) is 0.417. The molecular weight excluding hydrogens is 511 g/mol. The summed E-state index contributed by atoms with van der Waals surface area (Å²) in [6.07, 6.45) is 1.02. The molecule has 13 heteroatoms. The molecule has 2 heterocycles. The number of hydrogen-bond acceptors (Lipinski definition) is 5. The summed E-state index contributed by atoms with van der Waals surface area (Å²) in [6.45, 7) is 1.07. The van der Waals surface area contributed by atoms with Gasteiger partial charge in [-0.1, -0.05) is 11.6 Å². The zero-order valence-corrected chi connectivity index (χ0v) is 21.1. The summed E-state index contributed by atoms with van der Waals surface area (Å²) >= 11 is 6.31. The van der Waals surface area contributed by atoms with Gasteiger partial charge in [-0.25, -0.2) is 4.98 Å². The standard InChI is InChI=1S/C24H27ClF3N7O2/c1-33(10-4-3-9-29)23(37)16-8-5-14(11-18(16)25)31-22(36)21-30-12-19(34(21)2)17-13-35(15-6-7-15)32-20(17)24(26,27)28/h5,8,11-13,15H,3-4,6-7,9-10,29H2,1-2H3,(H,31,36). The highest BCUT2D eigenvalue weighted by molar-refractivity contribution is 6.34. The number of unbranched alkanes of at least 4 members (excludes halogenated alkanes) is 1. The number of halogens is 4. The van der Waals surface area contributed by atoms with Crippen molar-refractivity contribution in [1.82, 2.24) is 24.2 Å². The molecule has 198 valence electrons. The normalized spacial score (nSPS) is 13.6. The molecule has 0 unspecified atom stereocenters. The van der Waals surface area contributed by atoms with Gasteiger partial charge in [-0.15, -0.1) is 0 Å². The van der Waals surface area contributed by atoms with Gasteiger partial charge in [-0.2, -0.15) is 18.3 Å². The molecule has 0 bridgehead atoms. The molecule has 0 spiro atoms. The van der Waals surface area contributed by atoms with Crippen LogP contribution in [0.15, 0.2) is 30.6 Å². The van der Waals surface area contributed by atoms with Gasteiger partial charge in [0.2, 0.25) is 0 Å². The van der Waals surface area contributed by atoms with E-state index in [1.807, 2.05) is 0 Å². The summed E-state index contributed by atoms with van der Waals surface area (Å²) in [5.74, 6) is -1.01. The molecule has 3 aromatic rings. The second-order valence-electron chi connectivity index (χ2n) is 9.00. The Bertz CT molecular complexity index is 1310. The van der Waals surface area contributed by atoms with Gasteiger partial charge in [0, 0.05) is 32.5 Å². The van der Waals surface area contributed by atoms with E-state index in [1.165, 1.54) is 46.9 Å². The number of benzene rings is 1. The summed E-state index contributed by atoms with van der Waals surface area (Å²) in [4.78, 5) is 31.2. The van der Waals surface area contributed by atoms with Crippen molar-refractivity contribution in [3.8, 4) is 11.3 Å². The smallest absolute Gasteiger partial charge is 0.342 e. The first-order chi connectivity index (χ1) is 17.5. The van der Waals surface area contributed by atoms with Gasteiger partial charge in [-0.3, -0.25) is 14.3 Å². The maximum absolute atomic E-state index is 13.6. The molecule has 1 aliphatic rings. The number of nitrogens with two attached hydrogens (primary N) is 1. The Morgan fingerprint density at radius 1 is 1.27 bits per heavy atom. The Hall–Kier alpha value is -3.38. The van der Waals surface area contributed by atoms with E-state index < -0.39 is 17.8 Å². The van der Waals surface area contributed by atoms with Crippen LogP contribution in [-0.2, 0) is 13.2 Å². The third kappa shape index (κ3) is 5.80. The van der Waals surface area contributed by atoms with E-state index in [0.29, 0.717) is 18.8 Å². The van der Waals surface area contributed by atoms with Crippen LogP contribution < -0.4 is 11.1 Å². The first-order valence-electron chi connectivity index (χ1n) is 11.8. The van der Waals surface area contributed by atoms with E-state index >= 15 is 0 Å². The molecule has 0 saturated heterocycles. The Balaban J connectivity index is 1.51. The van der Waals surface area contributed by atoms with Crippen molar-refractivity contribution >= 4 is 29.1 Å². The number of hydrogen-bond donors (Lipinski definition) is 2. The quantitative estimate of drug-likeness (QED) is 0.394. The second-order valence-corrected chi connectivity index (χ2v) is 9.40. The van der Waals surface area contributed by atoms with Gasteiger partial charge in [0.25, 0.3) is 11.8 Å². The number of imidazole rings is 1. The van der Waals surface area contributed by atoms with Crippen LogP contribution in [0.4, 0.5) is 18.9 Å². The average Bonchev–Trinajstić information content (AvgIpc) is 3.46. The molecule has 1 fully saturated rings. The molecule has 2 aromatic heterocycles. The number of nitrogens with one attached hydrogen (secondary N) is 1. The molecule has 2 amide bonds. The van der Waals surface area contributed by atoms with Crippen molar-refractivity contribution < 1.29 is 22.8 Å². The van der Waals surface area contributed by atoms with Crippen LogP contribution in [0.5, 0.6) is 0 Å². The van der Waals surface area contributed by atoms with Crippen molar-refractivity contribution in [1.29, 1.82) is 0 Å². The molecule has 0 radical (unpaired) electrons. The van der Waals surface area contributed by atoms with Crippen LogP contribution in [0.3, 0.4) is 0 Å². The third-order valence-corrected chi connectivity index (χ3v) is 6.45. The zero-order valence-electron chi connectivity index (χ0n) is 20.3. The van der Waals surface area contributed by atoms with Crippen molar-refractivity contribution in [2.75, 3.05) is 25.5 Å².